The minimum atomic E-state index is -0.790. The molecule has 0 spiro atoms. The molecule has 0 aliphatic heterocycles. The van der Waals surface area contributed by atoms with E-state index in [1.54, 1.807) is 36.4 Å². The monoisotopic (exact) mass is 362 g/mol. The van der Waals surface area contributed by atoms with Crippen molar-refractivity contribution in [2.24, 2.45) is 0 Å². The number of aromatic hydroxyl groups is 1. The summed E-state index contributed by atoms with van der Waals surface area (Å²) in [6, 6.07) is 16.0. The highest BCUT2D eigenvalue weighted by Crippen LogP contribution is 2.26. The van der Waals surface area contributed by atoms with Gasteiger partial charge in [-0.15, -0.1) is 0 Å². The van der Waals surface area contributed by atoms with Crippen molar-refractivity contribution in [3.63, 3.8) is 0 Å². The van der Waals surface area contributed by atoms with E-state index in [4.69, 9.17) is 0 Å². The fraction of sp³-hybridized carbons (Fsp3) is 0.0952. The van der Waals surface area contributed by atoms with E-state index in [2.05, 4.69) is 0 Å². The van der Waals surface area contributed by atoms with Crippen LogP contribution in [0.2, 0.25) is 0 Å². The maximum absolute atomic E-state index is 14.1. The molecule has 3 aromatic rings. The van der Waals surface area contributed by atoms with Gasteiger partial charge in [0.1, 0.15) is 17.4 Å². The highest BCUT2D eigenvalue weighted by atomic mass is 19.1. The van der Waals surface area contributed by atoms with Gasteiger partial charge in [-0.05, 0) is 30.2 Å². The zero-order valence-electron chi connectivity index (χ0n) is 14.4. The van der Waals surface area contributed by atoms with Crippen LogP contribution in [0.4, 0.5) is 4.39 Å². The smallest absolute Gasteiger partial charge is 0.271 e. The second-order valence-corrected chi connectivity index (χ2v) is 6.00. The molecule has 0 aliphatic carbocycles. The largest absolute Gasteiger partial charge is 0.494 e. The normalized spacial score (nSPS) is 10.4. The van der Waals surface area contributed by atoms with Gasteiger partial charge in [0.25, 0.3) is 5.56 Å². The van der Waals surface area contributed by atoms with E-state index in [0.29, 0.717) is 5.56 Å². The van der Waals surface area contributed by atoms with E-state index in [9.17, 15) is 24.3 Å². The summed E-state index contributed by atoms with van der Waals surface area (Å²) in [7, 11) is 0. The molecule has 6 heteroatoms. The summed E-state index contributed by atoms with van der Waals surface area (Å²) in [5, 5.41) is 20.0. The molecule has 1 heterocycles. The number of aromatic nitrogens is 1. The quantitative estimate of drug-likeness (QED) is 0.723. The molecule has 0 radical (unpaired) electrons. The van der Waals surface area contributed by atoms with Gasteiger partial charge < -0.3 is 5.11 Å². The highest BCUT2D eigenvalue weighted by Gasteiger charge is 2.26. The molecule has 0 fully saturated rings. The second kappa shape index (κ2) is 7.26. The predicted molar refractivity (Wildman–Crippen MR) is 97.2 cm³/mol. The molecular weight excluding hydrogens is 347 g/mol. The number of ketones is 1. The van der Waals surface area contributed by atoms with Crippen molar-refractivity contribution in [2.75, 3.05) is 0 Å². The van der Waals surface area contributed by atoms with Crippen molar-refractivity contribution < 1.29 is 14.3 Å². The van der Waals surface area contributed by atoms with Gasteiger partial charge in [-0.25, -0.2) is 4.39 Å². The Balaban J connectivity index is 2.24. The lowest BCUT2D eigenvalue weighted by atomic mass is 9.97. The Morgan fingerprint density at radius 2 is 1.78 bits per heavy atom. The van der Waals surface area contributed by atoms with Crippen LogP contribution in [0.5, 0.6) is 5.88 Å². The van der Waals surface area contributed by atoms with Gasteiger partial charge in [0.2, 0.25) is 11.7 Å². The summed E-state index contributed by atoms with van der Waals surface area (Å²) in [4.78, 5) is 25.5. The van der Waals surface area contributed by atoms with Crippen LogP contribution in [0.1, 0.15) is 32.6 Å². The number of nitrogens with zero attached hydrogens (tertiary/aromatic N) is 2. The van der Waals surface area contributed by atoms with Gasteiger partial charge in [-0.1, -0.05) is 42.5 Å². The Bertz CT molecular complexity index is 1130. The molecular formula is C21H15FN2O3. The van der Waals surface area contributed by atoms with E-state index in [-0.39, 0.29) is 28.8 Å². The number of pyridine rings is 1. The highest BCUT2D eigenvalue weighted by molar-refractivity contribution is 6.11. The Morgan fingerprint density at radius 3 is 2.41 bits per heavy atom. The van der Waals surface area contributed by atoms with Crippen LogP contribution in [0, 0.1) is 24.1 Å². The molecule has 27 heavy (non-hydrogen) atoms. The maximum atomic E-state index is 14.1. The fourth-order valence-corrected chi connectivity index (χ4v) is 2.92. The molecule has 0 saturated carbocycles. The average Bonchev–Trinajstić information content (AvgIpc) is 2.66. The summed E-state index contributed by atoms with van der Waals surface area (Å²) in [5.41, 5.74) is -0.744. The minimum absolute atomic E-state index is 0.0255. The van der Waals surface area contributed by atoms with Crippen LogP contribution in [0.25, 0.3) is 0 Å². The minimum Gasteiger partial charge on any atom is -0.494 e. The number of benzene rings is 2. The number of halogens is 1. The maximum Gasteiger partial charge on any atom is 0.271 e. The molecule has 0 atom stereocenters. The molecule has 2 aromatic carbocycles. The summed E-state index contributed by atoms with van der Waals surface area (Å²) < 4.78 is 15.0. The van der Waals surface area contributed by atoms with E-state index in [1.165, 1.54) is 25.1 Å². The topological polar surface area (TPSA) is 83.1 Å². The number of carbonyl (C=O) groups excluding carboxylic acids is 1. The molecule has 3 rings (SSSR count). The predicted octanol–water partition coefficient (Wildman–Crippen LogP) is 3.15. The van der Waals surface area contributed by atoms with Gasteiger partial charge in [0.05, 0.1) is 17.7 Å². The number of hydrogen-bond acceptors (Lipinski definition) is 4. The van der Waals surface area contributed by atoms with E-state index >= 15 is 0 Å². The van der Waals surface area contributed by atoms with Crippen molar-refractivity contribution in [1.82, 2.24) is 4.57 Å². The Kier molecular flexibility index (Phi) is 4.86. The zero-order chi connectivity index (χ0) is 19.6. The standard InChI is InChI=1S/C21H15FN2O3/c1-13-16(11-23)20(26)24(12-14-7-3-2-4-8-14)21(27)18(13)19(25)15-9-5-6-10-17(15)22/h2-10,27H,12H2,1H3. The summed E-state index contributed by atoms with van der Waals surface area (Å²) >= 11 is 0. The number of hydrogen-bond donors (Lipinski definition) is 1. The molecule has 1 aromatic heterocycles. The van der Waals surface area contributed by atoms with Crippen molar-refractivity contribution in [2.45, 2.75) is 13.5 Å². The van der Waals surface area contributed by atoms with Gasteiger partial charge >= 0.3 is 0 Å². The first kappa shape index (κ1) is 18.1. The molecule has 0 amide bonds. The first-order chi connectivity index (χ1) is 13.0. The van der Waals surface area contributed by atoms with Crippen LogP contribution < -0.4 is 5.56 Å². The number of carbonyl (C=O) groups is 1. The third-order valence-corrected chi connectivity index (χ3v) is 4.33. The van der Waals surface area contributed by atoms with Crippen molar-refractivity contribution >= 4 is 5.78 Å². The molecule has 134 valence electrons. The second-order valence-electron chi connectivity index (χ2n) is 6.00. The molecule has 0 bridgehead atoms. The van der Waals surface area contributed by atoms with Crippen LogP contribution in [0.3, 0.4) is 0 Å². The van der Waals surface area contributed by atoms with Crippen molar-refractivity contribution in [1.29, 1.82) is 5.26 Å². The molecule has 0 aliphatic rings. The zero-order valence-corrected chi connectivity index (χ0v) is 14.4. The lowest BCUT2D eigenvalue weighted by molar-refractivity contribution is 0.103. The summed E-state index contributed by atoms with van der Waals surface area (Å²) in [6.07, 6.45) is 0. The van der Waals surface area contributed by atoms with E-state index in [1.807, 2.05) is 0 Å². The third-order valence-electron chi connectivity index (χ3n) is 4.33. The summed E-state index contributed by atoms with van der Waals surface area (Å²) in [6.45, 7) is 1.36. The molecule has 5 nitrogen and oxygen atoms in total. The van der Waals surface area contributed by atoms with Crippen molar-refractivity contribution in [3.8, 4) is 11.9 Å². The third kappa shape index (κ3) is 3.23. The lowest BCUT2D eigenvalue weighted by Crippen LogP contribution is -2.27. The van der Waals surface area contributed by atoms with Crippen LogP contribution in [-0.4, -0.2) is 15.5 Å². The number of rotatable bonds is 4. The van der Waals surface area contributed by atoms with Crippen LogP contribution in [-0.2, 0) is 6.54 Å². The SMILES string of the molecule is Cc1c(C(=O)c2ccccc2F)c(O)n(Cc2ccccc2)c(=O)c1C#N. The first-order valence-electron chi connectivity index (χ1n) is 8.15. The Labute approximate surface area is 154 Å². The Morgan fingerprint density at radius 1 is 1.15 bits per heavy atom. The van der Waals surface area contributed by atoms with Gasteiger partial charge in [0, 0.05) is 0 Å². The van der Waals surface area contributed by atoms with Gasteiger partial charge in [-0.2, -0.15) is 5.26 Å². The molecule has 0 unspecified atom stereocenters. The molecule has 0 saturated heterocycles. The molecule has 1 N–H and O–H groups in total. The van der Waals surface area contributed by atoms with E-state index in [0.717, 1.165) is 10.6 Å². The van der Waals surface area contributed by atoms with Crippen LogP contribution >= 0.6 is 0 Å². The van der Waals surface area contributed by atoms with Gasteiger partial charge in [-0.3, -0.25) is 14.2 Å². The van der Waals surface area contributed by atoms with E-state index < -0.39 is 23.0 Å². The fourth-order valence-electron chi connectivity index (χ4n) is 2.92. The van der Waals surface area contributed by atoms with Gasteiger partial charge in [0.15, 0.2) is 0 Å². The lowest BCUT2D eigenvalue weighted by Gasteiger charge is -2.16. The average molecular weight is 362 g/mol. The number of nitriles is 1. The van der Waals surface area contributed by atoms with Crippen LogP contribution in [0.15, 0.2) is 59.4 Å². The van der Waals surface area contributed by atoms with Crippen molar-refractivity contribution in [3.05, 3.63) is 98.6 Å². The summed E-state index contributed by atoms with van der Waals surface area (Å²) in [5.74, 6) is -2.13. The first-order valence-corrected chi connectivity index (χ1v) is 8.15. The Hall–Kier alpha value is -3.72.